The Morgan fingerprint density at radius 1 is 1.17 bits per heavy atom. The van der Waals surface area contributed by atoms with E-state index in [0.717, 1.165) is 24.0 Å². The van der Waals surface area contributed by atoms with Crippen molar-refractivity contribution in [3.8, 4) is 0 Å². The van der Waals surface area contributed by atoms with Gasteiger partial charge in [0.15, 0.2) is 5.78 Å². The molecule has 36 heavy (non-hydrogen) atoms. The molecule has 3 fully saturated rings. The summed E-state index contributed by atoms with van der Waals surface area (Å²) in [6.07, 6.45) is 6.68. The number of esters is 1. The summed E-state index contributed by atoms with van der Waals surface area (Å²) in [5.41, 5.74) is 0.939. The molecule has 0 spiro atoms. The van der Waals surface area contributed by atoms with E-state index in [1.54, 1.807) is 19.3 Å². The summed E-state index contributed by atoms with van der Waals surface area (Å²) in [6, 6.07) is 0. The van der Waals surface area contributed by atoms with E-state index < -0.39 is 29.1 Å². The van der Waals surface area contributed by atoms with E-state index in [1.165, 1.54) is 0 Å². The van der Waals surface area contributed by atoms with Crippen LogP contribution in [0.25, 0.3) is 0 Å². The SMILES string of the molecule is COCC1=C(C)C[C@H]([C@@H](CO)C2CCC3C4C[C@H](O)C5=CC=CC(=O)[C@]5(C)C4C[C@H](O)[C@@]32C)OC1=O. The van der Waals surface area contributed by atoms with Crippen LogP contribution in [0.1, 0.15) is 52.9 Å². The van der Waals surface area contributed by atoms with Crippen LogP contribution in [-0.2, 0) is 19.1 Å². The third-order valence-electron chi connectivity index (χ3n) is 10.9. The number of cyclic esters (lactones) is 1. The topological polar surface area (TPSA) is 113 Å². The summed E-state index contributed by atoms with van der Waals surface area (Å²) < 4.78 is 11.0. The van der Waals surface area contributed by atoms with Gasteiger partial charge < -0.3 is 24.8 Å². The minimum atomic E-state index is -0.799. The van der Waals surface area contributed by atoms with Crippen molar-refractivity contribution in [3.05, 3.63) is 34.9 Å². The van der Waals surface area contributed by atoms with Gasteiger partial charge in [0.1, 0.15) is 6.10 Å². The van der Waals surface area contributed by atoms with Crippen LogP contribution in [0.2, 0.25) is 0 Å². The maximum absolute atomic E-state index is 13.2. The Hall–Kier alpha value is -1.80. The minimum absolute atomic E-state index is 0.00979. The van der Waals surface area contributed by atoms with Crippen LogP contribution in [0.5, 0.6) is 0 Å². The molecule has 1 heterocycles. The molecule has 0 radical (unpaired) electrons. The lowest BCUT2D eigenvalue weighted by Crippen LogP contribution is -2.60. The highest BCUT2D eigenvalue weighted by Crippen LogP contribution is 2.67. The number of methoxy groups -OCH3 is 1. The normalized spacial score (nSPS) is 45.0. The molecular weight excluding hydrogens is 460 g/mol. The van der Waals surface area contributed by atoms with Gasteiger partial charge in [-0.2, -0.15) is 0 Å². The highest BCUT2D eigenvalue weighted by atomic mass is 16.5. The zero-order valence-electron chi connectivity index (χ0n) is 21.8. The summed E-state index contributed by atoms with van der Waals surface area (Å²) in [4.78, 5) is 25.9. The maximum atomic E-state index is 13.2. The molecular formula is C29H40O7. The van der Waals surface area contributed by atoms with Crippen LogP contribution in [0, 0.1) is 40.4 Å². The molecule has 10 atom stereocenters. The fourth-order valence-electron chi connectivity index (χ4n) is 8.93. The number of hydrogen-bond donors (Lipinski definition) is 3. The first-order chi connectivity index (χ1) is 17.1. The Morgan fingerprint density at radius 2 is 1.92 bits per heavy atom. The van der Waals surface area contributed by atoms with Crippen molar-refractivity contribution >= 4 is 11.8 Å². The Bertz CT molecular complexity index is 1030. The lowest BCUT2D eigenvalue weighted by atomic mass is 9.45. The van der Waals surface area contributed by atoms with Gasteiger partial charge in [-0.1, -0.05) is 24.6 Å². The predicted octanol–water partition coefficient (Wildman–Crippen LogP) is 2.74. The lowest BCUT2D eigenvalue weighted by molar-refractivity contribution is -0.170. The van der Waals surface area contributed by atoms with Gasteiger partial charge in [0.2, 0.25) is 0 Å². The Labute approximate surface area is 213 Å². The van der Waals surface area contributed by atoms with E-state index in [1.807, 2.05) is 19.9 Å². The molecule has 4 aliphatic carbocycles. The molecule has 198 valence electrons. The van der Waals surface area contributed by atoms with Gasteiger partial charge in [-0.3, -0.25) is 4.79 Å². The second kappa shape index (κ2) is 9.19. The monoisotopic (exact) mass is 500 g/mol. The first-order valence-corrected chi connectivity index (χ1v) is 13.4. The molecule has 5 aliphatic rings. The Kier molecular flexibility index (Phi) is 6.60. The van der Waals surface area contributed by atoms with Crippen LogP contribution < -0.4 is 0 Å². The third kappa shape index (κ3) is 3.53. The third-order valence-corrected chi connectivity index (χ3v) is 10.9. The summed E-state index contributed by atoms with van der Waals surface area (Å²) in [7, 11) is 1.55. The van der Waals surface area contributed by atoms with E-state index in [2.05, 4.69) is 6.92 Å². The van der Waals surface area contributed by atoms with Gasteiger partial charge in [0.25, 0.3) is 0 Å². The Balaban J connectivity index is 1.45. The second-order valence-electron chi connectivity index (χ2n) is 12.2. The summed E-state index contributed by atoms with van der Waals surface area (Å²) in [5.74, 6) is -0.556. The van der Waals surface area contributed by atoms with Crippen LogP contribution in [-0.4, -0.2) is 65.7 Å². The van der Waals surface area contributed by atoms with E-state index in [-0.39, 0.29) is 54.6 Å². The van der Waals surface area contributed by atoms with Crippen LogP contribution in [0.15, 0.2) is 34.9 Å². The van der Waals surface area contributed by atoms with Crippen molar-refractivity contribution in [2.45, 2.75) is 71.2 Å². The first-order valence-electron chi connectivity index (χ1n) is 13.4. The molecule has 3 saturated carbocycles. The Morgan fingerprint density at radius 3 is 2.58 bits per heavy atom. The number of rotatable bonds is 5. The number of fused-ring (bicyclic) bond motifs is 5. The van der Waals surface area contributed by atoms with Gasteiger partial charge in [0, 0.05) is 26.1 Å². The van der Waals surface area contributed by atoms with Crippen molar-refractivity contribution in [2.75, 3.05) is 20.3 Å². The van der Waals surface area contributed by atoms with Crippen LogP contribution >= 0.6 is 0 Å². The van der Waals surface area contributed by atoms with Gasteiger partial charge in [-0.15, -0.1) is 0 Å². The second-order valence-corrected chi connectivity index (χ2v) is 12.2. The smallest absolute Gasteiger partial charge is 0.336 e. The summed E-state index contributed by atoms with van der Waals surface area (Å²) >= 11 is 0. The highest BCUT2D eigenvalue weighted by molar-refractivity contribution is 5.99. The molecule has 1 aliphatic heterocycles. The molecule has 0 amide bonds. The van der Waals surface area contributed by atoms with Gasteiger partial charge in [0.05, 0.1) is 29.8 Å². The van der Waals surface area contributed by atoms with Gasteiger partial charge in [-0.05, 0) is 80.3 Å². The number of hydrogen-bond acceptors (Lipinski definition) is 7. The molecule has 0 aromatic carbocycles. The largest absolute Gasteiger partial charge is 0.458 e. The summed E-state index contributed by atoms with van der Waals surface area (Å²) in [5, 5.41) is 33.4. The van der Waals surface area contributed by atoms with E-state index >= 15 is 0 Å². The standard InChI is InChI=1S/C29H40O7/c1-15-10-24(36-27(34)18(15)14-35-4)17(13-30)20-9-8-19-16-11-23(31)21-6-5-7-25(32)29(21,3)22(16)12-26(33)28(19,20)2/h5-7,16-17,19-20,22-24,26,30-31,33H,8-14H2,1-4H3/t16?,17-,19?,20?,22?,23-,24+,26-,28-,29-/m0/s1. The molecule has 7 heteroatoms. The number of aliphatic hydroxyl groups excluding tert-OH is 3. The summed E-state index contributed by atoms with van der Waals surface area (Å²) in [6.45, 7) is 6.05. The molecule has 4 unspecified atom stereocenters. The average molecular weight is 501 g/mol. The quantitative estimate of drug-likeness (QED) is 0.498. The van der Waals surface area contributed by atoms with E-state index in [4.69, 9.17) is 9.47 Å². The fourth-order valence-corrected chi connectivity index (χ4v) is 8.93. The number of ether oxygens (including phenoxy) is 2. The number of allylic oxidation sites excluding steroid dienone is 3. The predicted molar refractivity (Wildman–Crippen MR) is 133 cm³/mol. The molecule has 0 bridgehead atoms. The molecule has 0 aromatic heterocycles. The molecule has 3 N–H and O–H groups in total. The van der Waals surface area contributed by atoms with Crippen molar-refractivity contribution in [3.63, 3.8) is 0 Å². The van der Waals surface area contributed by atoms with E-state index in [9.17, 15) is 24.9 Å². The number of aliphatic hydroxyl groups is 3. The van der Waals surface area contributed by atoms with Crippen molar-refractivity contribution in [1.82, 2.24) is 0 Å². The van der Waals surface area contributed by atoms with E-state index in [0.29, 0.717) is 24.8 Å². The zero-order valence-corrected chi connectivity index (χ0v) is 21.8. The van der Waals surface area contributed by atoms with Crippen molar-refractivity contribution in [2.24, 2.45) is 40.4 Å². The molecule has 7 nitrogen and oxygen atoms in total. The fraction of sp³-hybridized carbons (Fsp3) is 0.724. The van der Waals surface area contributed by atoms with Crippen LogP contribution in [0.4, 0.5) is 0 Å². The molecule has 5 rings (SSSR count). The minimum Gasteiger partial charge on any atom is -0.458 e. The molecule has 0 saturated heterocycles. The van der Waals surface area contributed by atoms with Gasteiger partial charge >= 0.3 is 5.97 Å². The van der Waals surface area contributed by atoms with Crippen LogP contribution in [0.3, 0.4) is 0 Å². The number of carbonyl (C=O) groups excluding carboxylic acids is 2. The average Bonchev–Trinajstić information content (AvgIpc) is 3.18. The lowest BCUT2D eigenvalue weighted by Gasteiger charge is -2.60. The maximum Gasteiger partial charge on any atom is 0.336 e. The first kappa shape index (κ1) is 25.8. The zero-order chi connectivity index (χ0) is 26.0. The molecule has 0 aromatic rings. The highest BCUT2D eigenvalue weighted by Gasteiger charge is 2.66. The van der Waals surface area contributed by atoms with Gasteiger partial charge in [-0.25, -0.2) is 4.79 Å². The van der Waals surface area contributed by atoms with Crippen molar-refractivity contribution in [1.29, 1.82) is 0 Å². The number of carbonyl (C=O) groups is 2. The number of ketones is 1. The van der Waals surface area contributed by atoms with Crippen molar-refractivity contribution < 1.29 is 34.4 Å².